The van der Waals surface area contributed by atoms with Gasteiger partial charge in [0, 0.05) is 57.3 Å². The topological polar surface area (TPSA) is 37.4 Å². The van der Waals surface area contributed by atoms with Crippen LogP contribution in [0.3, 0.4) is 0 Å². The molecule has 0 radical (unpaired) electrons. The molecule has 0 aromatic heterocycles. The number of para-hydroxylation sites is 5. The van der Waals surface area contributed by atoms with Gasteiger partial charge in [-0.1, -0.05) is 121 Å². The number of anilines is 9. The molecule has 69 heavy (non-hydrogen) atoms. The van der Waals surface area contributed by atoms with Gasteiger partial charge < -0.3 is 28.9 Å². The second-order valence-corrected chi connectivity index (χ2v) is 18.7. The standard InChI is InChI=1S/C60H36B3N3O3/c1-4-17-37(18-5-1)64-46-25-14-30-54-58(46)61(40-23-10-12-28-52(40)67-54)42-33-43-50(35-49(42)64)65(38-19-6-2-7-20-38)48-27-16-32-56-60(48)63(43)45-34-44-51(36-57(45)69-56)66(39-21-8-3-9-22-39)47-26-15-31-55-59(47)62(44)41-24-11-13-29-53(41)68-55/h1-36H. The van der Waals surface area contributed by atoms with Gasteiger partial charge in [0.1, 0.15) is 34.5 Å². The summed E-state index contributed by atoms with van der Waals surface area (Å²) in [4.78, 5) is 7.30. The van der Waals surface area contributed by atoms with Crippen molar-refractivity contribution >= 4 is 120 Å². The highest BCUT2D eigenvalue weighted by molar-refractivity contribution is 7.03. The normalized spacial score (nSPS) is 14.3. The van der Waals surface area contributed by atoms with E-state index in [0.29, 0.717) is 0 Å². The van der Waals surface area contributed by atoms with Gasteiger partial charge in [-0.3, -0.25) is 0 Å². The van der Waals surface area contributed by atoms with Crippen LogP contribution in [-0.4, -0.2) is 20.1 Å². The lowest BCUT2D eigenvalue weighted by Gasteiger charge is -2.45. The summed E-state index contributed by atoms with van der Waals surface area (Å²) in [6, 6.07) is 78.8. The van der Waals surface area contributed by atoms with E-state index in [1.165, 1.54) is 32.8 Å². The Hall–Kier alpha value is -8.81. The first-order chi connectivity index (χ1) is 34.2. The Labute approximate surface area is 400 Å². The smallest absolute Gasteiger partial charge is 0.256 e. The zero-order valence-electron chi connectivity index (χ0n) is 37.1. The largest absolute Gasteiger partial charge is 0.458 e. The minimum atomic E-state index is -0.167. The molecule has 0 saturated carbocycles. The predicted octanol–water partition coefficient (Wildman–Crippen LogP) is 8.90. The molecule has 6 aliphatic rings. The molecule has 0 bridgehead atoms. The highest BCUT2D eigenvalue weighted by Gasteiger charge is 2.49. The van der Waals surface area contributed by atoms with E-state index in [9.17, 15) is 0 Å². The fourth-order valence-electron chi connectivity index (χ4n) is 12.5. The van der Waals surface area contributed by atoms with E-state index in [2.05, 4.69) is 233 Å². The van der Waals surface area contributed by atoms with Gasteiger partial charge in [0.05, 0.1) is 0 Å². The van der Waals surface area contributed by atoms with Crippen LogP contribution in [0.5, 0.6) is 34.5 Å². The number of nitrogens with zero attached hydrogens (tertiary/aromatic N) is 3. The Bertz CT molecular complexity index is 3830. The van der Waals surface area contributed by atoms with E-state index >= 15 is 0 Å². The molecule has 0 aliphatic carbocycles. The van der Waals surface area contributed by atoms with Crippen LogP contribution in [0.2, 0.25) is 0 Å². The number of fused-ring (bicyclic) bond motifs is 12. The van der Waals surface area contributed by atoms with Crippen molar-refractivity contribution in [1.29, 1.82) is 0 Å². The summed E-state index contributed by atoms with van der Waals surface area (Å²) in [6.07, 6.45) is 0. The molecule has 0 atom stereocenters. The fourth-order valence-corrected chi connectivity index (χ4v) is 12.5. The van der Waals surface area contributed by atoms with Gasteiger partial charge in [-0.2, -0.15) is 0 Å². The molecule has 0 amide bonds. The fraction of sp³-hybridized carbons (Fsp3) is 0. The Morgan fingerprint density at radius 3 is 1.00 bits per heavy atom. The quantitative estimate of drug-likeness (QED) is 0.165. The van der Waals surface area contributed by atoms with Crippen molar-refractivity contribution in [3.8, 4) is 34.5 Å². The summed E-state index contributed by atoms with van der Waals surface area (Å²) in [7, 11) is 0. The maximum Gasteiger partial charge on any atom is 0.256 e. The Balaban J connectivity index is 1.00. The van der Waals surface area contributed by atoms with Crippen LogP contribution in [0.1, 0.15) is 0 Å². The van der Waals surface area contributed by atoms with Crippen LogP contribution in [-0.2, 0) is 0 Å². The molecule has 0 spiro atoms. The van der Waals surface area contributed by atoms with Gasteiger partial charge in [-0.15, -0.1) is 0 Å². The van der Waals surface area contributed by atoms with E-state index < -0.39 is 0 Å². The molecular weight excluding hydrogens is 843 g/mol. The van der Waals surface area contributed by atoms with Crippen molar-refractivity contribution in [3.05, 3.63) is 218 Å². The third kappa shape index (κ3) is 5.08. The lowest BCUT2D eigenvalue weighted by Crippen LogP contribution is -2.65. The van der Waals surface area contributed by atoms with Gasteiger partial charge >= 0.3 is 0 Å². The maximum absolute atomic E-state index is 7.28. The van der Waals surface area contributed by atoms with Gasteiger partial charge in [-0.25, -0.2) is 0 Å². The van der Waals surface area contributed by atoms with Crippen molar-refractivity contribution in [2.24, 2.45) is 0 Å². The number of hydrogen-bond donors (Lipinski definition) is 0. The summed E-state index contributed by atoms with van der Waals surface area (Å²) >= 11 is 0. The lowest BCUT2D eigenvalue weighted by molar-refractivity contribution is 0.487. The average Bonchev–Trinajstić information content (AvgIpc) is 3.40. The average molecular weight is 879 g/mol. The Morgan fingerprint density at radius 2 is 0.565 bits per heavy atom. The molecule has 10 aromatic rings. The number of ether oxygens (including phenoxy) is 3. The molecule has 318 valence electrons. The van der Waals surface area contributed by atoms with Crippen LogP contribution >= 0.6 is 0 Å². The molecule has 9 heteroatoms. The second kappa shape index (κ2) is 13.9. The van der Waals surface area contributed by atoms with Crippen molar-refractivity contribution < 1.29 is 14.2 Å². The number of rotatable bonds is 3. The molecule has 6 nitrogen and oxygen atoms in total. The van der Waals surface area contributed by atoms with Gasteiger partial charge in [0.2, 0.25) is 0 Å². The molecule has 10 aromatic carbocycles. The summed E-state index contributed by atoms with van der Waals surface area (Å²) in [5.41, 5.74) is 20.6. The lowest BCUT2D eigenvalue weighted by atomic mass is 9.29. The predicted molar refractivity (Wildman–Crippen MR) is 284 cm³/mol. The van der Waals surface area contributed by atoms with E-state index in [1.54, 1.807) is 0 Å². The molecule has 0 N–H and O–H groups in total. The van der Waals surface area contributed by atoms with Crippen LogP contribution in [0.4, 0.5) is 51.2 Å². The SMILES string of the molecule is c1ccc(N2c3cc4c(cc3B3c5ccccc5Oc5cccc2c53)B2c3cc5c(cc3N(c3ccccc3)c3cccc(c32)O4)N(c2ccccc2)c2cccc3c2B5c2ccccc2O3)cc1. The zero-order valence-corrected chi connectivity index (χ0v) is 37.1. The van der Waals surface area contributed by atoms with Gasteiger partial charge in [0.25, 0.3) is 20.1 Å². The van der Waals surface area contributed by atoms with Crippen LogP contribution < -0.4 is 78.1 Å². The van der Waals surface area contributed by atoms with Crippen LogP contribution in [0.15, 0.2) is 218 Å². The second-order valence-electron chi connectivity index (χ2n) is 18.7. The van der Waals surface area contributed by atoms with Crippen molar-refractivity contribution in [3.63, 3.8) is 0 Å². The van der Waals surface area contributed by atoms with Crippen molar-refractivity contribution in [2.45, 2.75) is 0 Å². The van der Waals surface area contributed by atoms with E-state index in [0.717, 1.165) is 102 Å². The zero-order chi connectivity index (χ0) is 44.9. The summed E-state index contributed by atoms with van der Waals surface area (Å²) in [5.74, 6) is 5.28. The van der Waals surface area contributed by atoms with Crippen molar-refractivity contribution in [2.75, 3.05) is 14.7 Å². The van der Waals surface area contributed by atoms with Crippen LogP contribution in [0, 0.1) is 0 Å². The van der Waals surface area contributed by atoms with Gasteiger partial charge in [0.15, 0.2) is 0 Å². The number of hydrogen-bond acceptors (Lipinski definition) is 6. The maximum atomic E-state index is 7.28. The molecule has 0 fully saturated rings. The first kappa shape index (κ1) is 37.3. The van der Waals surface area contributed by atoms with Gasteiger partial charge in [-0.05, 0) is 140 Å². The summed E-state index contributed by atoms with van der Waals surface area (Å²) < 4.78 is 20.8. The van der Waals surface area contributed by atoms with E-state index in [1.807, 2.05) is 0 Å². The Morgan fingerprint density at radius 1 is 0.232 bits per heavy atom. The molecular formula is C60H36B3N3O3. The van der Waals surface area contributed by atoms with Crippen LogP contribution in [0.25, 0.3) is 0 Å². The molecule has 0 unspecified atom stereocenters. The molecule has 0 saturated heterocycles. The van der Waals surface area contributed by atoms with Crippen molar-refractivity contribution in [1.82, 2.24) is 0 Å². The third-order valence-electron chi connectivity index (χ3n) is 15.2. The molecule has 6 aliphatic heterocycles. The van der Waals surface area contributed by atoms with E-state index in [4.69, 9.17) is 14.2 Å². The monoisotopic (exact) mass is 879 g/mol. The minimum absolute atomic E-state index is 0.0702. The molecule has 16 rings (SSSR count). The number of benzene rings is 10. The Kier molecular flexibility index (Phi) is 7.50. The summed E-state index contributed by atoms with van der Waals surface area (Å²) in [6.45, 7) is -0.308. The first-order valence-electron chi connectivity index (χ1n) is 23.8. The van der Waals surface area contributed by atoms with E-state index in [-0.39, 0.29) is 20.1 Å². The third-order valence-corrected chi connectivity index (χ3v) is 15.2. The highest BCUT2D eigenvalue weighted by Crippen LogP contribution is 2.47. The molecule has 6 heterocycles. The minimum Gasteiger partial charge on any atom is -0.458 e. The highest BCUT2D eigenvalue weighted by atomic mass is 16.5. The first-order valence-corrected chi connectivity index (χ1v) is 23.8. The summed E-state index contributed by atoms with van der Waals surface area (Å²) in [5, 5.41) is 0.